The van der Waals surface area contributed by atoms with E-state index in [1.54, 1.807) is 25.2 Å². The molecule has 0 aliphatic heterocycles. The molecule has 2 N–H and O–H groups in total. The van der Waals surface area contributed by atoms with Gasteiger partial charge in [0.1, 0.15) is 0 Å². The second-order valence-corrected chi connectivity index (χ2v) is 3.56. The number of rotatable bonds is 4. The van der Waals surface area contributed by atoms with Gasteiger partial charge in [-0.1, -0.05) is 11.6 Å². The Balaban J connectivity index is 2.55. The maximum atomic E-state index is 11.0. The molecule has 0 aromatic heterocycles. The zero-order valence-electron chi connectivity index (χ0n) is 8.88. The summed E-state index contributed by atoms with van der Waals surface area (Å²) in [5, 5.41) is 14.7. The lowest BCUT2D eigenvalue weighted by molar-refractivity contribution is -0.120. The van der Waals surface area contributed by atoms with Crippen molar-refractivity contribution in [2.45, 2.75) is 6.42 Å². The largest absolute Gasteiger partial charge is 0.383 e. The van der Waals surface area contributed by atoms with Gasteiger partial charge in [-0.2, -0.15) is 5.26 Å². The molecule has 5 heteroatoms. The predicted molar refractivity (Wildman–Crippen MR) is 63.3 cm³/mol. The van der Waals surface area contributed by atoms with Gasteiger partial charge in [0.15, 0.2) is 0 Å². The van der Waals surface area contributed by atoms with Gasteiger partial charge in [0.05, 0.1) is 22.3 Å². The van der Waals surface area contributed by atoms with Crippen molar-refractivity contribution in [3.8, 4) is 6.07 Å². The smallest absolute Gasteiger partial charge is 0.221 e. The summed E-state index contributed by atoms with van der Waals surface area (Å²) in [6.07, 6.45) is 0.382. The van der Waals surface area contributed by atoms with Gasteiger partial charge in [-0.05, 0) is 18.2 Å². The van der Waals surface area contributed by atoms with E-state index in [2.05, 4.69) is 10.6 Å². The lowest BCUT2D eigenvalue weighted by atomic mass is 10.2. The van der Waals surface area contributed by atoms with Crippen LogP contribution in [0.3, 0.4) is 0 Å². The first-order valence-corrected chi connectivity index (χ1v) is 5.19. The molecule has 0 radical (unpaired) electrons. The van der Waals surface area contributed by atoms with Gasteiger partial charge in [0.2, 0.25) is 5.91 Å². The summed E-state index contributed by atoms with van der Waals surface area (Å²) in [4.78, 5) is 11.0. The Morgan fingerprint density at radius 1 is 1.56 bits per heavy atom. The molecule has 16 heavy (non-hydrogen) atoms. The molecule has 0 bridgehead atoms. The van der Waals surface area contributed by atoms with Crippen LogP contribution in [0.25, 0.3) is 0 Å². The topological polar surface area (TPSA) is 64.9 Å². The zero-order chi connectivity index (χ0) is 12.0. The van der Waals surface area contributed by atoms with Crippen molar-refractivity contribution in [2.24, 2.45) is 0 Å². The maximum absolute atomic E-state index is 11.0. The molecule has 1 aromatic carbocycles. The van der Waals surface area contributed by atoms with Gasteiger partial charge in [-0.25, -0.2) is 0 Å². The molecule has 1 amide bonds. The Labute approximate surface area is 99.2 Å². The highest BCUT2D eigenvalue weighted by Gasteiger charge is 2.02. The molecule has 0 aliphatic carbocycles. The molecule has 1 rings (SSSR count). The van der Waals surface area contributed by atoms with Gasteiger partial charge < -0.3 is 10.6 Å². The highest BCUT2D eigenvalue weighted by molar-refractivity contribution is 6.33. The number of amides is 1. The molecule has 0 saturated carbocycles. The third-order valence-electron chi connectivity index (χ3n) is 2.04. The molecule has 84 valence electrons. The van der Waals surface area contributed by atoms with E-state index in [-0.39, 0.29) is 5.91 Å². The first kappa shape index (κ1) is 12.3. The summed E-state index contributed by atoms with van der Waals surface area (Å²) in [7, 11) is 1.59. The number of benzene rings is 1. The van der Waals surface area contributed by atoms with Crippen LogP contribution in [-0.4, -0.2) is 19.5 Å². The van der Waals surface area contributed by atoms with Gasteiger partial charge >= 0.3 is 0 Å². The van der Waals surface area contributed by atoms with E-state index in [0.29, 0.717) is 23.6 Å². The molecule has 4 nitrogen and oxygen atoms in total. The molecular formula is C11H12ClN3O. The molecular weight excluding hydrogens is 226 g/mol. The molecule has 0 saturated heterocycles. The fourth-order valence-corrected chi connectivity index (χ4v) is 1.41. The van der Waals surface area contributed by atoms with Crippen LogP contribution in [0.15, 0.2) is 18.2 Å². The Morgan fingerprint density at radius 2 is 2.31 bits per heavy atom. The number of carbonyl (C=O) groups excluding carboxylic acids is 1. The average Bonchev–Trinajstić information content (AvgIpc) is 2.30. The first-order valence-electron chi connectivity index (χ1n) is 4.81. The van der Waals surface area contributed by atoms with Crippen molar-refractivity contribution >= 4 is 23.2 Å². The third-order valence-corrected chi connectivity index (χ3v) is 2.36. The molecule has 0 spiro atoms. The summed E-state index contributed by atoms with van der Waals surface area (Å²) >= 11 is 5.94. The van der Waals surface area contributed by atoms with Crippen LogP contribution >= 0.6 is 11.6 Å². The van der Waals surface area contributed by atoms with Crippen LogP contribution in [0, 0.1) is 11.3 Å². The van der Waals surface area contributed by atoms with Crippen molar-refractivity contribution in [3.63, 3.8) is 0 Å². The maximum Gasteiger partial charge on any atom is 0.221 e. The highest BCUT2D eigenvalue weighted by Crippen LogP contribution is 2.22. The molecule has 0 atom stereocenters. The average molecular weight is 238 g/mol. The van der Waals surface area contributed by atoms with Gasteiger partial charge in [0.25, 0.3) is 0 Å². The van der Waals surface area contributed by atoms with Crippen LogP contribution < -0.4 is 10.6 Å². The SMILES string of the molecule is CNC(=O)CCNc1ccc(C#N)cc1Cl. The lowest BCUT2D eigenvalue weighted by Gasteiger charge is -2.07. The lowest BCUT2D eigenvalue weighted by Crippen LogP contribution is -2.20. The summed E-state index contributed by atoms with van der Waals surface area (Å²) in [5.41, 5.74) is 1.24. The second kappa shape index (κ2) is 5.99. The van der Waals surface area contributed by atoms with E-state index in [9.17, 15) is 4.79 Å². The fraction of sp³-hybridized carbons (Fsp3) is 0.273. The number of hydrogen-bond donors (Lipinski definition) is 2. The number of hydrogen-bond acceptors (Lipinski definition) is 3. The quantitative estimate of drug-likeness (QED) is 0.839. The molecule has 0 unspecified atom stereocenters. The van der Waals surface area contributed by atoms with Crippen LogP contribution in [0.2, 0.25) is 5.02 Å². The van der Waals surface area contributed by atoms with E-state index in [4.69, 9.17) is 16.9 Å². The van der Waals surface area contributed by atoms with Crippen LogP contribution in [-0.2, 0) is 4.79 Å². The fourth-order valence-electron chi connectivity index (χ4n) is 1.16. The Hall–Kier alpha value is -1.73. The molecule has 0 heterocycles. The Kier molecular flexibility index (Phi) is 4.62. The number of nitriles is 1. The number of nitrogens with zero attached hydrogens (tertiary/aromatic N) is 1. The van der Waals surface area contributed by atoms with E-state index in [0.717, 1.165) is 5.69 Å². The number of anilines is 1. The summed E-state index contributed by atoms with van der Waals surface area (Å²) in [6, 6.07) is 6.99. The van der Waals surface area contributed by atoms with Crippen LogP contribution in [0.5, 0.6) is 0 Å². The summed E-state index contributed by atoms with van der Waals surface area (Å²) < 4.78 is 0. The van der Waals surface area contributed by atoms with Gasteiger partial charge in [-0.15, -0.1) is 0 Å². The van der Waals surface area contributed by atoms with Gasteiger partial charge in [-0.3, -0.25) is 4.79 Å². The predicted octanol–water partition coefficient (Wildman–Crippen LogP) is 1.76. The minimum absolute atomic E-state index is 0.0303. The van der Waals surface area contributed by atoms with Crippen molar-refractivity contribution in [1.29, 1.82) is 5.26 Å². The standard InChI is InChI=1S/C11H12ClN3O/c1-14-11(16)4-5-15-10-3-2-8(7-13)6-9(10)12/h2-3,6,15H,4-5H2,1H3,(H,14,16). The second-order valence-electron chi connectivity index (χ2n) is 3.16. The van der Waals surface area contributed by atoms with Crippen molar-refractivity contribution < 1.29 is 4.79 Å². The van der Waals surface area contributed by atoms with Gasteiger partial charge in [0, 0.05) is 20.0 Å². The molecule has 0 aliphatic rings. The van der Waals surface area contributed by atoms with Crippen molar-refractivity contribution in [3.05, 3.63) is 28.8 Å². The monoisotopic (exact) mass is 237 g/mol. The zero-order valence-corrected chi connectivity index (χ0v) is 9.64. The van der Waals surface area contributed by atoms with E-state index < -0.39 is 0 Å². The van der Waals surface area contributed by atoms with Crippen LogP contribution in [0.1, 0.15) is 12.0 Å². The molecule has 0 fully saturated rings. The van der Waals surface area contributed by atoms with E-state index in [1.807, 2.05) is 6.07 Å². The summed E-state index contributed by atoms with van der Waals surface area (Å²) in [6.45, 7) is 0.505. The van der Waals surface area contributed by atoms with E-state index >= 15 is 0 Å². The number of nitrogens with one attached hydrogen (secondary N) is 2. The van der Waals surface area contributed by atoms with Crippen molar-refractivity contribution in [1.82, 2.24) is 5.32 Å². The molecule has 1 aromatic rings. The minimum atomic E-state index is -0.0303. The first-order chi connectivity index (χ1) is 7.67. The minimum Gasteiger partial charge on any atom is -0.383 e. The highest BCUT2D eigenvalue weighted by atomic mass is 35.5. The number of carbonyl (C=O) groups is 1. The van der Waals surface area contributed by atoms with Crippen LogP contribution in [0.4, 0.5) is 5.69 Å². The Bertz CT molecular complexity index is 426. The number of halogens is 1. The van der Waals surface area contributed by atoms with Crippen molar-refractivity contribution in [2.75, 3.05) is 18.9 Å². The third kappa shape index (κ3) is 3.44. The Morgan fingerprint density at radius 3 is 2.88 bits per heavy atom. The summed E-state index contributed by atoms with van der Waals surface area (Å²) in [5.74, 6) is -0.0303. The van der Waals surface area contributed by atoms with E-state index in [1.165, 1.54) is 0 Å². The normalized spacial score (nSPS) is 9.31.